The lowest BCUT2D eigenvalue weighted by Gasteiger charge is -2.10. The zero-order valence-corrected chi connectivity index (χ0v) is 20.1. The van der Waals surface area contributed by atoms with E-state index in [1.54, 1.807) is 37.3 Å². The Morgan fingerprint density at radius 3 is 2.58 bits per heavy atom. The quantitative estimate of drug-likeness (QED) is 0.199. The summed E-state index contributed by atoms with van der Waals surface area (Å²) in [6, 6.07) is 20.1. The molecule has 0 bridgehead atoms. The Hall–Kier alpha value is -2.53. The minimum absolute atomic E-state index is 0.00925. The van der Waals surface area contributed by atoms with Crippen LogP contribution in [0.1, 0.15) is 16.7 Å². The van der Waals surface area contributed by atoms with Gasteiger partial charge in [0, 0.05) is 15.7 Å². The molecule has 0 saturated carbocycles. The van der Waals surface area contributed by atoms with Crippen LogP contribution in [0.2, 0.25) is 10.0 Å². The first-order valence-corrected chi connectivity index (χ1v) is 11.1. The summed E-state index contributed by atoms with van der Waals surface area (Å²) in [5.41, 5.74) is 3.03. The number of halogens is 3. The highest BCUT2D eigenvalue weighted by molar-refractivity contribution is 14.1. The second-order valence-corrected chi connectivity index (χ2v) is 8.65. The van der Waals surface area contributed by atoms with Gasteiger partial charge in [-0.1, -0.05) is 47.5 Å². The van der Waals surface area contributed by atoms with Crippen molar-refractivity contribution in [2.75, 3.05) is 5.32 Å². The predicted molar refractivity (Wildman–Crippen MR) is 133 cm³/mol. The number of carbonyl (C=O) groups excluding carboxylic acids is 1. The first kappa shape index (κ1) is 23.1. The lowest BCUT2D eigenvalue weighted by atomic mass is 10.1. The SMILES string of the molecule is Cc1c(Cl)cccc1NC(=O)/C(C#N)=C\c1ccc(OCc2ccc(Cl)cc2)c(I)c1. The fourth-order valence-corrected chi connectivity index (χ4v) is 3.71. The lowest BCUT2D eigenvalue weighted by Crippen LogP contribution is -2.14. The first-order chi connectivity index (χ1) is 14.9. The molecule has 0 saturated heterocycles. The molecule has 7 heteroatoms. The number of rotatable bonds is 6. The van der Waals surface area contributed by atoms with Gasteiger partial charge in [-0.05, 0) is 88.7 Å². The van der Waals surface area contributed by atoms with Crippen LogP contribution in [0.4, 0.5) is 5.69 Å². The van der Waals surface area contributed by atoms with Crippen molar-refractivity contribution in [2.24, 2.45) is 0 Å². The molecule has 0 aliphatic rings. The number of nitrogens with one attached hydrogen (secondary N) is 1. The molecule has 3 rings (SSSR count). The normalized spacial score (nSPS) is 11.0. The molecule has 0 radical (unpaired) electrons. The number of ether oxygens (including phenoxy) is 1. The molecule has 0 aromatic heterocycles. The molecule has 31 heavy (non-hydrogen) atoms. The Labute approximate surface area is 204 Å². The topological polar surface area (TPSA) is 62.1 Å². The van der Waals surface area contributed by atoms with Crippen molar-refractivity contribution in [3.8, 4) is 11.8 Å². The largest absolute Gasteiger partial charge is 0.488 e. The minimum Gasteiger partial charge on any atom is -0.488 e. The summed E-state index contributed by atoms with van der Waals surface area (Å²) in [7, 11) is 0. The predicted octanol–water partition coefficient (Wildman–Crippen LogP) is 7.03. The van der Waals surface area contributed by atoms with E-state index in [1.165, 1.54) is 0 Å². The average molecular weight is 563 g/mol. The highest BCUT2D eigenvalue weighted by Crippen LogP contribution is 2.26. The summed E-state index contributed by atoms with van der Waals surface area (Å²) < 4.78 is 6.74. The highest BCUT2D eigenvalue weighted by atomic mass is 127. The third-order valence-corrected chi connectivity index (χ3v) is 5.96. The number of nitriles is 1. The van der Waals surface area contributed by atoms with E-state index < -0.39 is 5.91 Å². The van der Waals surface area contributed by atoms with E-state index in [0.29, 0.717) is 28.1 Å². The van der Waals surface area contributed by atoms with Crippen LogP contribution in [0.5, 0.6) is 5.75 Å². The van der Waals surface area contributed by atoms with Crippen LogP contribution in [-0.2, 0) is 11.4 Å². The van der Waals surface area contributed by atoms with E-state index in [4.69, 9.17) is 27.9 Å². The van der Waals surface area contributed by atoms with E-state index in [2.05, 4.69) is 27.9 Å². The van der Waals surface area contributed by atoms with Crippen molar-refractivity contribution in [3.05, 3.63) is 96.5 Å². The summed E-state index contributed by atoms with van der Waals surface area (Å²) in [6.45, 7) is 2.21. The van der Waals surface area contributed by atoms with Crippen LogP contribution in [-0.4, -0.2) is 5.91 Å². The monoisotopic (exact) mass is 562 g/mol. The molecule has 0 aliphatic carbocycles. The van der Waals surface area contributed by atoms with Gasteiger partial charge in [0.2, 0.25) is 0 Å². The molecule has 156 valence electrons. The maximum atomic E-state index is 12.6. The molecule has 0 fully saturated rings. The lowest BCUT2D eigenvalue weighted by molar-refractivity contribution is -0.112. The smallest absolute Gasteiger partial charge is 0.266 e. The van der Waals surface area contributed by atoms with Gasteiger partial charge in [0.1, 0.15) is 24.0 Å². The summed E-state index contributed by atoms with van der Waals surface area (Å²) in [5, 5.41) is 13.4. The van der Waals surface area contributed by atoms with Crippen LogP contribution < -0.4 is 10.1 Å². The van der Waals surface area contributed by atoms with Gasteiger partial charge in [0.05, 0.1) is 3.57 Å². The van der Waals surface area contributed by atoms with Crippen LogP contribution in [0, 0.1) is 21.8 Å². The molecule has 0 spiro atoms. The number of hydrogen-bond acceptors (Lipinski definition) is 3. The number of benzene rings is 3. The average Bonchev–Trinajstić information content (AvgIpc) is 2.75. The van der Waals surface area contributed by atoms with Crippen molar-refractivity contribution in [3.63, 3.8) is 0 Å². The van der Waals surface area contributed by atoms with Gasteiger partial charge in [0.15, 0.2) is 0 Å². The molecule has 0 aliphatic heterocycles. The fraction of sp³-hybridized carbons (Fsp3) is 0.0833. The molecule has 3 aromatic rings. The molecule has 0 unspecified atom stereocenters. The Balaban J connectivity index is 1.72. The molecule has 1 N–H and O–H groups in total. The first-order valence-electron chi connectivity index (χ1n) is 9.22. The second kappa shape index (κ2) is 10.7. The van der Waals surface area contributed by atoms with E-state index in [-0.39, 0.29) is 5.57 Å². The number of carbonyl (C=O) groups is 1. The highest BCUT2D eigenvalue weighted by Gasteiger charge is 2.12. The minimum atomic E-state index is -0.495. The molecule has 0 atom stereocenters. The molecular formula is C24H17Cl2IN2O2. The van der Waals surface area contributed by atoms with E-state index in [1.807, 2.05) is 42.5 Å². The maximum absolute atomic E-state index is 12.6. The van der Waals surface area contributed by atoms with Gasteiger partial charge in [-0.15, -0.1) is 0 Å². The van der Waals surface area contributed by atoms with E-state index in [9.17, 15) is 10.1 Å². The number of hydrogen-bond donors (Lipinski definition) is 1. The van der Waals surface area contributed by atoms with Gasteiger partial charge >= 0.3 is 0 Å². The van der Waals surface area contributed by atoms with Crippen molar-refractivity contribution in [1.82, 2.24) is 0 Å². The third kappa shape index (κ3) is 6.23. The van der Waals surface area contributed by atoms with Gasteiger partial charge in [-0.2, -0.15) is 5.26 Å². The van der Waals surface area contributed by atoms with Crippen molar-refractivity contribution in [2.45, 2.75) is 13.5 Å². The molecule has 3 aromatic carbocycles. The summed E-state index contributed by atoms with van der Waals surface area (Å²) in [5.74, 6) is 0.219. The Morgan fingerprint density at radius 1 is 1.16 bits per heavy atom. The van der Waals surface area contributed by atoms with Crippen LogP contribution in [0.25, 0.3) is 6.08 Å². The van der Waals surface area contributed by atoms with Gasteiger partial charge in [0.25, 0.3) is 5.91 Å². The van der Waals surface area contributed by atoms with Crippen molar-refractivity contribution in [1.29, 1.82) is 5.26 Å². The number of anilines is 1. The van der Waals surface area contributed by atoms with Crippen LogP contribution in [0.3, 0.4) is 0 Å². The molecule has 4 nitrogen and oxygen atoms in total. The number of nitrogens with zero attached hydrogens (tertiary/aromatic N) is 1. The summed E-state index contributed by atoms with van der Waals surface area (Å²) >= 11 is 14.2. The van der Waals surface area contributed by atoms with E-state index in [0.717, 1.165) is 20.3 Å². The van der Waals surface area contributed by atoms with Gasteiger partial charge in [-0.3, -0.25) is 4.79 Å². The fourth-order valence-electron chi connectivity index (χ4n) is 2.71. The zero-order chi connectivity index (χ0) is 22.4. The van der Waals surface area contributed by atoms with Crippen molar-refractivity contribution < 1.29 is 9.53 Å². The summed E-state index contributed by atoms with van der Waals surface area (Å²) in [4.78, 5) is 12.6. The standard InChI is InChI=1S/C24H17Cl2IN2O2/c1-15-20(26)3-2-4-22(15)29-24(30)18(13-28)11-17-7-10-23(21(27)12-17)31-14-16-5-8-19(25)9-6-16/h2-12H,14H2,1H3,(H,29,30)/b18-11-. The van der Waals surface area contributed by atoms with Gasteiger partial charge in [-0.25, -0.2) is 0 Å². The van der Waals surface area contributed by atoms with E-state index >= 15 is 0 Å². The third-order valence-electron chi connectivity index (χ3n) is 4.46. The zero-order valence-electron chi connectivity index (χ0n) is 16.5. The van der Waals surface area contributed by atoms with Crippen LogP contribution in [0.15, 0.2) is 66.2 Å². The number of amides is 1. The molecule has 0 heterocycles. The Bertz CT molecular complexity index is 1190. The Morgan fingerprint density at radius 2 is 1.90 bits per heavy atom. The molecular weight excluding hydrogens is 546 g/mol. The van der Waals surface area contributed by atoms with Crippen molar-refractivity contribution >= 4 is 63.5 Å². The Kier molecular flexibility index (Phi) is 7.97. The molecule has 1 amide bonds. The summed E-state index contributed by atoms with van der Waals surface area (Å²) in [6.07, 6.45) is 1.54. The second-order valence-electron chi connectivity index (χ2n) is 6.64. The van der Waals surface area contributed by atoms with Gasteiger partial charge < -0.3 is 10.1 Å². The maximum Gasteiger partial charge on any atom is 0.266 e. The van der Waals surface area contributed by atoms with Crippen LogP contribution >= 0.6 is 45.8 Å².